The highest BCUT2D eigenvalue weighted by Gasteiger charge is 2.46. The van der Waals surface area contributed by atoms with Crippen LogP contribution in [0.3, 0.4) is 0 Å². The summed E-state index contributed by atoms with van der Waals surface area (Å²) in [5.41, 5.74) is 1.06. The molecule has 0 spiro atoms. The summed E-state index contributed by atoms with van der Waals surface area (Å²) in [5.74, 6) is 0.561. The highest BCUT2D eigenvalue weighted by atomic mass is 16.5. The molecule has 3 rings (SSSR count). The van der Waals surface area contributed by atoms with Gasteiger partial charge < -0.3 is 29.0 Å². The number of Topliss-reactive ketones (excluding diaryl/α,β-unsaturated/α-hetero) is 1. The van der Waals surface area contributed by atoms with Gasteiger partial charge in [-0.2, -0.15) is 0 Å². The zero-order chi connectivity index (χ0) is 26.9. The SMILES string of the molecule is CCOc1ccc(C(O)=C2C(=O)C(=O)N(CCOC)C2c2ccc(OCCC(C)C)c(OCC)c2)cc1. The average Bonchev–Trinajstić information content (AvgIpc) is 3.13. The Labute approximate surface area is 218 Å². The van der Waals surface area contributed by atoms with E-state index in [1.165, 1.54) is 12.0 Å². The van der Waals surface area contributed by atoms with E-state index in [0.29, 0.717) is 54.1 Å². The minimum Gasteiger partial charge on any atom is -0.507 e. The van der Waals surface area contributed by atoms with Gasteiger partial charge in [0, 0.05) is 19.2 Å². The summed E-state index contributed by atoms with van der Waals surface area (Å²) in [4.78, 5) is 27.7. The predicted molar refractivity (Wildman–Crippen MR) is 141 cm³/mol. The summed E-state index contributed by atoms with van der Waals surface area (Å²) in [6.07, 6.45) is 0.895. The van der Waals surface area contributed by atoms with E-state index in [1.54, 1.807) is 42.5 Å². The summed E-state index contributed by atoms with van der Waals surface area (Å²) in [5, 5.41) is 11.3. The van der Waals surface area contributed by atoms with E-state index in [0.717, 1.165) is 6.42 Å². The van der Waals surface area contributed by atoms with Crippen LogP contribution in [0, 0.1) is 5.92 Å². The number of benzene rings is 2. The van der Waals surface area contributed by atoms with Crippen molar-refractivity contribution in [3.63, 3.8) is 0 Å². The number of aliphatic hydroxyl groups excluding tert-OH is 1. The van der Waals surface area contributed by atoms with Gasteiger partial charge in [-0.3, -0.25) is 9.59 Å². The van der Waals surface area contributed by atoms with Gasteiger partial charge in [-0.25, -0.2) is 0 Å². The van der Waals surface area contributed by atoms with Gasteiger partial charge in [-0.1, -0.05) is 19.9 Å². The van der Waals surface area contributed by atoms with Crippen molar-refractivity contribution in [2.75, 3.05) is 40.1 Å². The minimum absolute atomic E-state index is 0.0150. The molecule has 1 unspecified atom stereocenters. The van der Waals surface area contributed by atoms with Crippen molar-refractivity contribution in [3.8, 4) is 17.2 Å². The van der Waals surface area contributed by atoms with Crippen molar-refractivity contribution >= 4 is 17.4 Å². The zero-order valence-corrected chi connectivity index (χ0v) is 22.3. The first-order valence-corrected chi connectivity index (χ1v) is 12.7. The normalized spacial score (nSPS) is 16.9. The quantitative estimate of drug-likeness (QED) is 0.230. The zero-order valence-electron chi connectivity index (χ0n) is 22.3. The Morgan fingerprint density at radius 1 is 0.946 bits per heavy atom. The fourth-order valence-corrected chi connectivity index (χ4v) is 4.16. The number of hydrogen-bond donors (Lipinski definition) is 1. The Kier molecular flexibility index (Phi) is 9.97. The van der Waals surface area contributed by atoms with Crippen LogP contribution in [-0.4, -0.2) is 61.8 Å². The second-order valence-corrected chi connectivity index (χ2v) is 9.11. The van der Waals surface area contributed by atoms with Gasteiger partial charge in [-0.05, 0) is 68.1 Å². The molecule has 1 heterocycles. The summed E-state index contributed by atoms with van der Waals surface area (Å²) < 4.78 is 22.5. The molecule has 37 heavy (non-hydrogen) atoms. The van der Waals surface area contributed by atoms with Gasteiger partial charge in [0.15, 0.2) is 11.5 Å². The molecule has 0 aromatic heterocycles. The molecule has 0 bridgehead atoms. The van der Waals surface area contributed by atoms with E-state index in [-0.39, 0.29) is 24.5 Å². The van der Waals surface area contributed by atoms with E-state index >= 15 is 0 Å². The molecule has 0 saturated carbocycles. The molecule has 1 aliphatic heterocycles. The standard InChI is InChI=1S/C29H37NO7/c1-6-35-22-11-8-20(9-12-22)27(31)25-26(30(15-17-34-5)29(33)28(25)32)21-10-13-23(24(18-21)36-7-2)37-16-14-19(3)4/h8-13,18-19,26,31H,6-7,14-17H2,1-5H3. The Bertz CT molecular complexity index is 1110. The third-order valence-electron chi connectivity index (χ3n) is 6.05. The number of carbonyl (C=O) groups excluding carboxylic acids is 2. The van der Waals surface area contributed by atoms with Gasteiger partial charge >= 0.3 is 0 Å². The number of hydrogen-bond acceptors (Lipinski definition) is 7. The Hall–Kier alpha value is -3.52. The molecule has 8 nitrogen and oxygen atoms in total. The van der Waals surface area contributed by atoms with Crippen LogP contribution < -0.4 is 14.2 Å². The number of ether oxygens (including phenoxy) is 4. The Morgan fingerprint density at radius 3 is 2.27 bits per heavy atom. The van der Waals surface area contributed by atoms with Crippen molar-refractivity contribution < 1.29 is 33.6 Å². The second-order valence-electron chi connectivity index (χ2n) is 9.11. The molecule has 1 atom stereocenters. The summed E-state index contributed by atoms with van der Waals surface area (Å²) in [6, 6.07) is 11.3. The van der Waals surface area contributed by atoms with Gasteiger partial charge in [0.25, 0.3) is 11.7 Å². The summed E-state index contributed by atoms with van der Waals surface area (Å²) in [7, 11) is 1.53. The van der Waals surface area contributed by atoms with Gasteiger partial charge in [-0.15, -0.1) is 0 Å². The highest BCUT2D eigenvalue weighted by molar-refractivity contribution is 6.46. The molecule has 0 aliphatic carbocycles. The monoisotopic (exact) mass is 511 g/mol. The van der Waals surface area contributed by atoms with E-state index in [2.05, 4.69) is 13.8 Å². The van der Waals surface area contributed by atoms with Gasteiger partial charge in [0.1, 0.15) is 11.5 Å². The number of nitrogens with zero attached hydrogens (tertiary/aromatic N) is 1. The third-order valence-corrected chi connectivity index (χ3v) is 6.05. The van der Waals surface area contributed by atoms with Gasteiger partial charge in [0.05, 0.1) is 38.0 Å². The van der Waals surface area contributed by atoms with E-state index < -0.39 is 17.7 Å². The van der Waals surface area contributed by atoms with Crippen molar-refractivity contribution in [2.24, 2.45) is 5.92 Å². The van der Waals surface area contributed by atoms with Crippen LogP contribution in [0.4, 0.5) is 0 Å². The van der Waals surface area contributed by atoms with Crippen LogP contribution in [0.25, 0.3) is 5.76 Å². The largest absolute Gasteiger partial charge is 0.507 e. The van der Waals surface area contributed by atoms with Crippen LogP contribution in [0.2, 0.25) is 0 Å². The Morgan fingerprint density at radius 2 is 1.65 bits per heavy atom. The summed E-state index contributed by atoms with van der Waals surface area (Å²) >= 11 is 0. The lowest BCUT2D eigenvalue weighted by molar-refractivity contribution is -0.140. The Balaban J connectivity index is 2.07. The number of ketones is 1. The molecule has 1 aliphatic rings. The molecular weight excluding hydrogens is 474 g/mol. The van der Waals surface area contributed by atoms with E-state index in [4.69, 9.17) is 18.9 Å². The molecule has 0 radical (unpaired) electrons. The number of amides is 1. The van der Waals surface area contributed by atoms with Crippen LogP contribution in [0.5, 0.6) is 17.2 Å². The topological polar surface area (TPSA) is 94.5 Å². The molecule has 1 saturated heterocycles. The van der Waals surface area contributed by atoms with E-state index in [9.17, 15) is 14.7 Å². The maximum Gasteiger partial charge on any atom is 0.295 e. The van der Waals surface area contributed by atoms with Crippen LogP contribution >= 0.6 is 0 Å². The molecular formula is C29H37NO7. The first-order valence-electron chi connectivity index (χ1n) is 12.7. The fraction of sp³-hybridized carbons (Fsp3) is 0.448. The highest BCUT2D eigenvalue weighted by Crippen LogP contribution is 2.42. The summed E-state index contributed by atoms with van der Waals surface area (Å²) in [6.45, 7) is 9.90. The van der Waals surface area contributed by atoms with Crippen LogP contribution in [-0.2, 0) is 14.3 Å². The van der Waals surface area contributed by atoms with Crippen molar-refractivity contribution in [1.29, 1.82) is 0 Å². The molecule has 1 amide bonds. The van der Waals surface area contributed by atoms with Crippen molar-refractivity contribution in [2.45, 2.75) is 40.2 Å². The van der Waals surface area contributed by atoms with Crippen LogP contribution in [0.1, 0.15) is 51.3 Å². The molecule has 2 aromatic carbocycles. The molecule has 8 heteroatoms. The molecule has 1 fully saturated rings. The first kappa shape index (κ1) is 28.1. The lowest BCUT2D eigenvalue weighted by Crippen LogP contribution is -2.32. The van der Waals surface area contributed by atoms with E-state index in [1.807, 2.05) is 13.8 Å². The number of aliphatic hydroxyl groups is 1. The maximum atomic E-state index is 13.2. The number of carbonyl (C=O) groups is 2. The smallest absolute Gasteiger partial charge is 0.295 e. The second kappa shape index (κ2) is 13.1. The number of rotatable bonds is 13. The predicted octanol–water partition coefficient (Wildman–Crippen LogP) is 4.98. The molecule has 1 N–H and O–H groups in total. The minimum atomic E-state index is -0.814. The van der Waals surface area contributed by atoms with Crippen molar-refractivity contribution in [3.05, 3.63) is 59.2 Å². The first-order chi connectivity index (χ1) is 17.8. The van der Waals surface area contributed by atoms with Gasteiger partial charge in [0.2, 0.25) is 0 Å². The van der Waals surface area contributed by atoms with Crippen LogP contribution in [0.15, 0.2) is 48.0 Å². The molecule has 2 aromatic rings. The maximum absolute atomic E-state index is 13.2. The number of likely N-dealkylation sites (tertiary alicyclic amines) is 1. The number of methoxy groups -OCH3 is 1. The fourth-order valence-electron chi connectivity index (χ4n) is 4.16. The average molecular weight is 512 g/mol. The lowest BCUT2D eigenvalue weighted by atomic mass is 9.95. The lowest BCUT2D eigenvalue weighted by Gasteiger charge is -2.26. The third kappa shape index (κ3) is 6.63. The van der Waals surface area contributed by atoms with Crippen molar-refractivity contribution in [1.82, 2.24) is 4.90 Å². The molecule has 200 valence electrons.